The van der Waals surface area contributed by atoms with Crippen molar-refractivity contribution in [1.29, 1.82) is 0 Å². The summed E-state index contributed by atoms with van der Waals surface area (Å²) in [6.45, 7) is 9.55. The van der Waals surface area contributed by atoms with Gasteiger partial charge in [0.15, 0.2) is 0 Å². The first-order chi connectivity index (χ1) is 14.0. The molecule has 0 spiro atoms. The van der Waals surface area contributed by atoms with Crippen LogP contribution in [0.2, 0.25) is 0 Å². The van der Waals surface area contributed by atoms with Crippen LogP contribution in [0.1, 0.15) is 29.9 Å². The van der Waals surface area contributed by atoms with Gasteiger partial charge in [-0.1, -0.05) is 24.3 Å². The average Bonchev–Trinajstić information content (AvgIpc) is 3.36. The molecule has 0 bridgehead atoms. The molecule has 29 heavy (non-hydrogen) atoms. The number of carbonyl (C=O) groups is 1. The van der Waals surface area contributed by atoms with Crippen LogP contribution in [0.4, 0.5) is 0 Å². The number of aromatic nitrogens is 2. The fraction of sp³-hybridized carbons (Fsp3) is 0.565. The lowest BCUT2D eigenvalue weighted by atomic mass is 9.87. The SMILES string of the molecule is CCn1ccnc1CN1C[C@@H]2CN(C(=O)CN(C)C)[C@@H](c3ccccc3C)[C@@H]2C1. The number of aryl methyl sites for hydroxylation is 2. The Morgan fingerprint density at radius 2 is 2.00 bits per heavy atom. The number of nitrogens with zero attached hydrogens (tertiary/aromatic N) is 5. The minimum Gasteiger partial charge on any atom is -0.334 e. The van der Waals surface area contributed by atoms with Gasteiger partial charge in [-0.3, -0.25) is 9.69 Å². The normalized spacial score (nSPS) is 24.4. The van der Waals surface area contributed by atoms with Crippen molar-refractivity contribution in [2.75, 3.05) is 40.3 Å². The van der Waals surface area contributed by atoms with E-state index in [4.69, 9.17) is 0 Å². The van der Waals surface area contributed by atoms with Crippen molar-refractivity contribution in [2.24, 2.45) is 11.8 Å². The molecule has 2 aliphatic heterocycles. The van der Waals surface area contributed by atoms with Crippen LogP contribution in [0, 0.1) is 18.8 Å². The highest BCUT2D eigenvalue weighted by atomic mass is 16.2. The summed E-state index contributed by atoms with van der Waals surface area (Å²) in [5, 5.41) is 0. The molecule has 2 fully saturated rings. The Morgan fingerprint density at radius 3 is 2.72 bits per heavy atom. The molecule has 6 heteroatoms. The summed E-state index contributed by atoms with van der Waals surface area (Å²) in [5.74, 6) is 2.38. The van der Waals surface area contributed by atoms with Crippen LogP contribution in [0.3, 0.4) is 0 Å². The first-order valence-electron chi connectivity index (χ1n) is 10.7. The van der Waals surface area contributed by atoms with Gasteiger partial charge in [-0.25, -0.2) is 4.98 Å². The first-order valence-corrected chi connectivity index (χ1v) is 10.7. The molecule has 2 aromatic rings. The van der Waals surface area contributed by atoms with Gasteiger partial charge < -0.3 is 14.4 Å². The number of hydrogen-bond donors (Lipinski definition) is 0. The van der Waals surface area contributed by atoms with E-state index in [2.05, 4.69) is 63.7 Å². The molecule has 4 rings (SSSR count). The minimum atomic E-state index is 0.171. The lowest BCUT2D eigenvalue weighted by Gasteiger charge is -2.31. The monoisotopic (exact) mass is 395 g/mol. The third-order valence-corrected chi connectivity index (χ3v) is 6.53. The zero-order chi connectivity index (χ0) is 20.5. The second-order valence-corrected chi connectivity index (χ2v) is 8.83. The Balaban J connectivity index is 1.57. The van der Waals surface area contributed by atoms with Crippen molar-refractivity contribution in [3.63, 3.8) is 0 Å². The Kier molecular flexibility index (Phi) is 5.74. The predicted octanol–water partition coefficient (Wildman–Crippen LogP) is 2.40. The van der Waals surface area contributed by atoms with Crippen LogP contribution in [0.25, 0.3) is 0 Å². The van der Waals surface area contributed by atoms with Gasteiger partial charge in [-0.2, -0.15) is 0 Å². The van der Waals surface area contributed by atoms with Gasteiger partial charge in [0, 0.05) is 44.5 Å². The van der Waals surface area contributed by atoms with Gasteiger partial charge in [0.2, 0.25) is 5.91 Å². The second kappa shape index (κ2) is 8.28. The lowest BCUT2D eigenvalue weighted by molar-refractivity contribution is -0.133. The Bertz CT molecular complexity index is 860. The molecule has 2 aliphatic rings. The van der Waals surface area contributed by atoms with Crippen molar-refractivity contribution >= 4 is 5.91 Å². The van der Waals surface area contributed by atoms with Crippen LogP contribution in [-0.4, -0.2) is 70.4 Å². The summed E-state index contributed by atoms with van der Waals surface area (Å²) >= 11 is 0. The molecule has 3 atom stereocenters. The Morgan fingerprint density at radius 1 is 1.21 bits per heavy atom. The van der Waals surface area contributed by atoms with E-state index >= 15 is 0 Å². The number of imidazole rings is 1. The van der Waals surface area contributed by atoms with Crippen LogP contribution in [-0.2, 0) is 17.9 Å². The molecule has 156 valence electrons. The largest absolute Gasteiger partial charge is 0.334 e. The van der Waals surface area contributed by atoms with Gasteiger partial charge in [-0.05, 0) is 45.0 Å². The van der Waals surface area contributed by atoms with E-state index in [1.54, 1.807) is 0 Å². The second-order valence-electron chi connectivity index (χ2n) is 8.83. The summed E-state index contributed by atoms with van der Waals surface area (Å²) in [7, 11) is 3.93. The maximum absolute atomic E-state index is 13.1. The van der Waals surface area contributed by atoms with E-state index in [9.17, 15) is 4.79 Å². The number of benzene rings is 1. The average molecular weight is 396 g/mol. The van der Waals surface area contributed by atoms with Gasteiger partial charge in [0.25, 0.3) is 0 Å². The van der Waals surface area contributed by atoms with Gasteiger partial charge in [-0.15, -0.1) is 0 Å². The smallest absolute Gasteiger partial charge is 0.237 e. The molecule has 1 aromatic carbocycles. The number of likely N-dealkylation sites (N-methyl/N-ethyl adjacent to an activating group) is 1. The van der Waals surface area contributed by atoms with E-state index in [0.717, 1.165) is 38.5 Å². The molecule has 1 amide bonds. The maximum atomic E-state index is 13.1. The Labute approximate surface area is 174 Å². The molecule has 6 nitrogen and oxygen atoms in total. The van der Waals surface area contributed by atoms with Crippen LogP contribution < -0.4 is 0 Å². The van der Waals surface area contributed by atoms with Gasteiger partial charge >= 0.3 is 0 Å². The number of fused-ring (bicyclic) bond motifs is 1. The number of rotatable bonds is 6. The molecule has 0 radical (unpaired) electrons. The standard InChI is InChI=1S/C23H33N5O/c1-5-27-11-10-24-21(27)15-26-12-18-13-28(22(29)16-25(3)4)23(20(18)14-26)19-9-7-6-8-17(19)2/h6-11,18,20,23H,5,12-16H2,1-4H3/t18-,20-,23+/m1/s1. The molecule has 3 heterocycles. The number of carbonyl (C=O) groups excluding carboxylic acids is 1. The maximum Gasteiger partial charge on any atom is 0.237 e. The lowest BCUT2D eigenvalue weighted by Crippen LogP contribution is -2.40. The van der Waals surface area contributed by atoms with Crippen molar-refractivity contribution in [3.8, 4) is 0 Å². The topological polar surface area (TPSA) is 44.6 Å². The zero-order valence-electron chi connectivity index (χ0n) is 18.1. The van der Waals surface area contributed by atoms with Crippen LogP contribution >= 0.6 is 0 Å². The third-order valence-electron chi connectivity index (χ3n) is 6.53. The highest BCUT2D eigenvalue weighted by Crippen LogP contribution is 2.46. The summed E-state index contributed by atoms with van der Waals surface area (Å²) in [4.78, 5) is 24.3. The fourth-order valence-corrected chi connectivity index (χ4v) is 5.18. The minimum absolute atomic E-state index is 0.171. The van der Waals surface area contributed by atoms with E-state index in [-0.39, 0.29) is 11.9 Å². The van der Waals surface area contributed by atoms with E-state index in [0.29, 0.717) is 18.4 Å². The number of hydrogen-bond acceptors (Lipinski definition) is 4. The number of likely N-dealkylation sites (tertiary alicyclic amines) is 2. The molecule has 0 aliphatic carbocycles. The summed E-state index contributed by atoms with van der Waals surface area (Å²) in [6, 6.07) is 8.74. The van der Waals surface area contributed by atoms with E-state index in [1.807, 2.05) is 25.2 Å². The number of amides is 1. The summed E-state index contributed by atoms with van der Waals surface area (Å²) in [6.07, 6.45) is 3.96. The predicted molar refractivity (Wildman–Crippen MR) is 114 cm³/mol. The van der Waals surface area contributed by atoms with E-state index < -0.39 is 0 Å². The highest BCUT2D eigenvalue weighted by molar-refractivity contribution is 5.79. The summed E-state index contributed by atoms with van der Waals surface area (Å²) < 4.78 is 2.22. The molecule has 0 N–H and O–H groups in total. The molecular formula is C23H33N5O. The van der Waals surface area contributed by atoms with Crippen molar-refractivity contribution < 1.29 is 4.79 Å². The quantitative estimate of drug-likeness (QED) is 0.754. The van der Waals surface area contributed by atoms with E-state index in [1.165, 1.54) is 11.1 Å². The van der Waals surface area contributed by atoms with Crippen molar-refractivity contribution in [1.82, 2.24) is 24.3 Å². The Hall–Kier alpha value is -2.18. The zero-order valence-corrected chi connectivity index (χ0v) is 18.1. The van der Waals surface area contributed by atoms with Crippen molar-refractivity contribution in [2.45, 2.75) is 33.0 Å². The molecule has 2 saturated heterocycles. The third kappa shape index (κ3) is 3.96. The van der Waals surface area contributed by atoms with Crippen molar-refractivity contribution in [3.05, 3.63) is 53.6 Å². The van der Waals surface area contributed by atoms with Gasteiger partial charge in [0.05, 0.1) is 19.1 Å². The summed E-state index contributed by atoms with van der Waals surface area (Å²) in [5.41, 5.74) is 2.59. The highest BCUT2D eigenvalue weighted by Gasteiger charge is 2.49. The van der Waals surface area contributed by atoms with Crippen LogP contribution in [0.5, 0.6) is 0 Å². The molecule has 1 aromatic heterocycles. The first kappa shape index (κ1) is 20.1. The van der Waals surface area contributed by atoms with Crippen LogP contribution in [0.15, 0.2) is 36.7 Å². The molecule has 0 unspecified atom stereocenters. The fourth-order valence-electron chi connectivity index (χ4n) is 5.18. The van der Waals surface area contributed by atoms with Gasteiger partial charge in [0.1, 0.15) is 5.82 Å². The molecular weight excluding hydrogens is 362 g/mol. The molecule has 0 saturated carbocycles.